The molecule has 1 aliphatic rings. The van der Waals surface area contributed by atoms with Crippen LogP contribution in [0.15, 0.2) is 23.1 Å². The summed E-state index contributed by atoms with van der Waals surface area (Å²) in [5.41, 5.74) is -0.920. The number of sulfonamides is 1. The molecule has 0 N–H and O–H groups in total. The van der Waals surface area contributed by atoms with Gasteiger partial charge in [0.05, 0.1) is 4.92 Å². The van der Waals surface area contributed by atoms with Crippen molar-refractivity contribution in [1.82, 2.24) is 14.1 Å². The van der Waals surface area contributed by atoms with Gasteiger partial charge in [0, 0.05) is 40.3 Å². The second kappa shape index (κ2) is 8.77. The first-order chi connectivity index (χ1) is 12.7. The van der Waals surface area contributed by atoms with Gasteiger partial charge in [-0.1, -0.05) is 12.5 Å². The van der Waals surface area contributed by atoms with Gasteiger partial charge in [-0.15, -0.1) is 0 Å². The average molecular weight is 398 g/mol. The van der Waals surface area contributed by atoms with Crippen LogP contribution in [0.4, 0.5) is 5.69 Å². The maximum absolute atomic E-state index is 13.0. The minimum atomic E-state index is -4.05. The fourth-order valence-corrected chi connectivity index (χ4v) is 4.44. The van der Waals surface area contributed by atoms with Gasteiger partial charge in [-0.2, -0.15) is 4.31 Å². The molecule has 27 heavy (non-hydrogen) atoms. The molecule has 150 valence electrons. The molecular formula is C17H26N4O5S. The van der Waals surface area contributed by atoms with Gasteiger partial charge in [0.25, 0.3) is 11.6 Å². The third kappa shape index (κ3) is 4.82. The third-order valence-corrected chi connectivity index (χ3v) is 6.59. The number of likely N-dealkylation sites (tertiary alicyclic amines) is 1. The highest BCUT2D eigenvalue weighted by Gasteiger charge is 2.33. The van der Waals surface area contributed by atoms with Crippen molar-refractivity contribution < 1.29 is 18.1 Å². The number of nitro benzene ring substituents is 1. The van der Waals surface area contributed by atoms with Crippen LogP contribution in [0.5, 0.6) is 0 Å². The Kier molecular flexibility index (Phi) is 6.90. The number of piperidine rings is 1. The predicted octanol–water partition coefficient (Wildman–Crippen LogP) is 1.40. The van der Waals surface area contributed by atoms with E-state index in [0.717, 1.165) is 41.2 Å². The van der Waals surface area contributed by atoms with Crippen LogP contribution in [0.3, 0.4) is 0 Å². The summed E-state index contributed by atoms with van der Waals surface area (Å²) >= 11 is 0. The van der Waals surface area contributed by atoms with Gasteiger partial charge < -0.3 is 9.80 Å². The number of hydrogen-bond donors (Lipinski definition) is 0. The highest BCUT2D eigenvalue weighted by atomic mass is 32.2. The van der Waals surface area contributed by atoms with Gasteiger partial charge in [-0.05, 0) is 32.0 Å². The second-order valence-electron chi connectivity index (χ2n) is 6.84. The zero-order chi connectivity index (χ0) is 20.2. The Balaban J connectivity index is 2.34. The summed E-state index contributed by atoms with van der Waals surface area (Å²) in [5.74, 6) is -0.717. The minimum Gasteiger partial charge on any atom is -0.345 e. The van der Waals surface area contributed by atoms with E-state index in [1.54, 1.807) is 0 Å². The first-order valence-electron chi connectivity index (χ1n) is 8.84. The number of likely N-dealkylation sites (N-methyl/N-ethyl adjacent to an activating group) is 1. The van der Waals surface area contributed by atoms with E-state index in [1.807, 2.05) is 0 Å². The van der Waals surface area contributed by atoms with E-state index in [0.29, 0.717) is 6.54 Å². The van der Waals surface area contributed by atoms with Crippen LogP contribution >= 0.6 is 0 Å². The lowest BCUT2D eigenvalue weighted by Gasteiger charge is -2.28. The van der Waals surface area contributed by atoms with Crippen LogP contribution in [0.25, 0.3) is 0 Å². The highest BCUT2D eigenvalue weighted by molar-refractivity contribution is 7.89. The summed E-state index contributed by atoms with van der Waals surface area (Å²) in [6, 6.07) is 3.68. The van der Waals surface area contributed by atoms with Crippen molar-refractivity contribution >= 4 is 21.6 Å². The van der Waals surface area contributed by atoms with Gasteiger partial charge in [0.2, 0.25) is 10.0 Å². The van der Waals surface area contributed by atoms with Gasteiger partial charge in [0.15, 0.2) is 0 Å². The molecule has 10 heteroatoms. The van der Waals surface area contributed by atoms with E-state index < -0.39 is 32.1 Å². The van der Waals surface area contributed by atoms with E-state index in [2.05, 4.69) is 4.90 Å². The molecule has 1 fully saturated rings. The molecule has 0 atom stereocenters. The van der Waals surface area contributed by atoms with Crippen molar-refractivity contribution in [3.8, 4) is 0 Å². The molecular weight excluding hydrogens is 372 g/mol. The second-order valence-corrected chi connectivity index (χ2v) is 8.85. The fraction of sp³-hybridized carbons (Fsp3) is 0.588. The van der Waals surface area contributed by atoms with E-state index in [4.69, 9.17) is 0 Å². The fourth-order valence-electron chi connectivity index (χ4n) is 3.08. The Morgan fingerprint density at radius 1 is 1.19 bits per heavy atom. The molecule has 0 aromatic heterocycles. The SMILES string of the molecule is CN(C)C(=O)c1c([N+](=O)[O-])cccc1S(=O)(=O)N(C)CCN1CCCCC1. The summed E-state index contributed by atoms with van der Waals surface area (Å²) < 4.78 is 27.2. The van der Waals surface area contributed by atoms with E-state index >= 15 is 0 Å². The number of benzene rings is 1. The van der Waals surface area contributed by atoms with Crippen LogP contribution in [-0.4, -0.2) is 80.7 Å². The van der Waals surface area contributed by atoms with Crippen LogP contribution in [-0.2, 0) is 10.0 Å². The van der Waals surface area contributed by atoms with E-state index in [-0.39, 0.29) is 11.4 Å². The smallest absolute Gasteiger partial charge is 0.283 e. The Morgan fingerprint density at radius 3 is 2.37 bits per heavy atom. The zero-order valence-electron chi connectivity index (χ0n) is 15.9. The maximum atomic E-state index is 13.0. The molecule has 1 aromatic carbocycles. The summed E-state index contributed by atoms with van der Waals surface area (Å²) in [7, 11) is 0.235. The molecule has 1 saturated heterocycles. The van der Waals surface area contributed by atoms with Crippen molar-refractivity contribution in [3.63, 3.8) is 0 Å². The summed E-state index contributed by atoms with van der Waals surface area (Å²) in [6.07, 6.45) is 3.39. The number of nitrogens with zero attached hydrogens (tertiary/aromatic N) is 4. The van der Waals surface area contributed by atoms with Crippen LogP contribution in [0.1, 0.15) is 29.6 Å². The average Bonchev–Trinajstić information content (AvgIpc) is 2.65. The number of rotatable bonds is 7. The monoisotopic (exact) mass is 398 g/mol. The Hall–Kier alpha value is -2.04. The molecule has 1 heterocycles. The Bertz CT molecular complexity index is 804. The quantitative estimate of drug-likeness (QED) is 0.508. The zero-order valence-corrected chi connectivity index (χ0v) is 16.7. The highest BCUT2D eigenvalue weighted by Crippen LogP contribution is 2.28. The van der Waals surface area contributed by atoms with Crippen molar-refractivity contribution in [2.24, 2.45) is 0 Å². The maximum Gasteiger partial charge on any atom is 0.283 e. The first kappa shape index (κ1) is 21.3. The van der Waals surface area contributed by atoms with Gasteiger partial charge in [0.1, 0.15) is 10.5 Å². The number of hydrogen-bond acceptors (Lipinski definition) is 6. The molecule has 0 saturated carbocycles. The lowest BCUT2D eigenvalue weighted by atomic mass is 10.1. The lowest BCUT2D eigenvalue weighted by molar-refractivity contribution is -0.385. The van der Waals surface area contributed by atoms with Crippen LogP contribution < -0.4 is 0 Å². The van der Waals surface area contributed by atoms with Gasteiger partial charge in [-0.25, -0.2) is 8.42 Å². The standard InChI is InChI=1S/C17H26N4O5S/c1-18(2)17(22)16-14(21(23)24)8-7-9-15(16)27(25,26)19(3)12-13-20-10-5-4-6-11-20/h7-9H,4-6,10-13H2,1-3H3. The van der Waals surface area contributed by atoms with Crippen molar-refractivity contribution in [1.29, 1.82) is 0 Å². The van der Waals surface area contributed by atoms with E-state index in [9.17, 15) is 23.3 Å². The molecule has 1 amide bonds. The Labute approximate surface area is 159 Å². The van der Waals surface area contributed by atoms with Gasteiger partial charge in [-0.3, -0.25) is 14.9 Å². The first-order valence-corrected chi connectivity index (χ1v) is 10.3. The van der Waals surface area contributed by atoms with Crippen molar-refractivity contribution in [2.75, 3.05) is 47.3 Å². The largest absolute Gasteiger partial charge is 0.345 e. The molecule has 1 aliphatic heterocycles. The van der Waals surface area contributed by atoms with Gasteiger partial charge >= 0.3 is 0 Å². The van der Waals surface area contributed by atoms with E-state index in [1.165, 1.54) is 39.7 Å². The molecule has 1 aromatic rings. The van der Waals surface area contributed by atoms with Crippen molar-refractivity contribution in [3.05, 3.63) is 33.9 Å². The van der Waals surface area contributed by atoms with Crippen molar-refractivity contribution in [2.45, 2.75) is 24.2 Å². The van der Waals surface area contributed by atoms with Crippen LogP contribution in [0.2, 0.25) is 0 Å². The molecule has 9 nitrogen and oxygen atoms in total. The lowest BCUT2D eigenvalue weighted by Crippen LogP contribution is -2.39. The number of amides is 1. The number of carbonyl (C=O) groups excluding carboxylic acids is 1. The molecule has 0 spiro atoms. The Morgan fingerprint density at radius 2 is 1.81 bits per heavy atom. The molecule has 0 aliphatic carbocycles. The molecule has 0 unspecified atom stereocenters. The summed E-state index contributed by atoms with van der Waals surface area (Å²) in [4.78, 5) is 26.1. The minimum absolute atomic E-state index is 0.251. The predicted molar refractivity (Wildman–Crippen MR) is 101 cm³/mol. The van der Waals surface area contributed by atoms with Crippen LogP contribution in [0, 0.1) is 10.1 Å². The normalized spacial score (nSPS) is 15.7. The molecule has 2 rings (SSSR count). The summed E-state index contributed by atoms with van der Waals surface area (Å²) in [5, 5.41) is 11.3. The number of nitro groups is 1. The topological polar surface area (TPSA) is 104 Å². The molecule has 0 bridgehead atoms. The third-order valence-electron chi connectivity index (χ3n) is 4.69. The number of carbonyl (C=O) groups is 1. The summed E-state index contributed by atoms with van der Waals surface area (Å²) in [6.45, 7) is 2.71. The molecule has 0 radical (unpaired) electrons.